The summed E-state index contributed by atoms with van der Waals surface area (Å²) in [7, 11) is 0. The molecule has 0 heterocycles. The maximum atomic E-state index is 11.3. The Kier molecular flexibility index (Phi) is 11.6. The van der Waals surface area contributed by atoms with E-state index in [1.807, 2.05) is 48.5 Å². The minimum absolute atomic E-state index is 0.288. The van der Waals surface area contributed by atoms with Crippen molar-refractivity contribution in [1.29, 1.82) is 0 Å². The summed E-state index contributed by atoms with van der Waals surface area (Å²) >= 11 is 0. The van der Waals surface area contributed by atoms with Crippen LogP contribution in [-0.2, 0) is 9.47 Å². The molecule has 2 amide bonds. The lowest BCUT2D eigenvalue weighted by Gasteiger charge is -2.09. The number of nitrogens with one attached hydrogen (secondary N) is 2. The normalized spacial score (nSPS) is 11.4. The quantitative estimate of drug-likeness (QED) is 0.260. The monoisotopic (exact) mass is 484 g/mol. The summed E-state index contributed by atoms with van der Waals surface area (Å²) in [6, 6.07) is 14.9. The summed E-state index contributed by atoms with van der Waals surface area (Å²) in [6.45, 7) is 8.62. The van der Waals surface area contributed by atoms with Gasteiger partial charge in [-0.1, -0.05) is 0 Å². The third-order valence-corrected chi connectivity index (χ3v) is 4.55. The Morgan fingerprint density at radius 3 is 1.40 bits per heavy atom. The van der Waals surface area contributed by atoms with E-state index in [0.29, 0.717) is 31.1 Å². The molecule has 2 N–H and O–H groups in total. The highest BCUT2D eigenvalue weighted by Crippen LogP contribution is 2.15. The summed E-state index contributed by atoms with van der Waals surface area (Å²) in [5.41, 5.74) is 7.70. The number of ether oxygens (including phenoxy) is 4. The van der Waals surface area contributed by atoms with Gasteiger partial charge in [-0.3, -0.25) is 0 Å². The van der Waals surface area contributed by atoms with Crippen molar-refractivity contribution >= 4 is 23.6 Å². The molecule has 188 valence electrons. The summed E-state index contributed by atoms with van der Waals surface area (Å²) in [5, 5.41) is 8.00. The van der Waals surface area contributed by atoms with Crippen molar-refractivity contribution in [1.82, 2.24) is 10.9 Å². The molecule has 10 heteroatoms. The number of hydrogen-bond donors (Lipinski definition) is 2. The third-order valence-electron chi connectivity index (χ3n) is 4.55. The van der Waals surface area contributed by atoms with Crippen LogP contribution in [0, 0.1) is 0 Å². The molecule has 0 unspecified atom stereocenters. The molecular weight excluding hydrogens is 452 g/mol. The molecule has 0 saturated heterocycles. The van der Waals surface area contributed by atoms with E-state index in [-0.39, 0.29) is 13.2 Å². The standard InChI is InChI=1S/C25H32N4O6/c1-5-32-24(30)28-26-18(3)20-8-12-22(13-9-20)34-16-7-17-35-23-14-10-21(11-15-23)19(4)27-29-25(31)33-6-2/h8-15H,5-7,16-17H2,1-4H3,(H,28,30)(H,29,31)/b26-18-,27-19+. The van der Waals surface area contributed by atoms with E-state index >= 15 is 0 Å². The molecule has 10 nitrogen and oxygen atoms in total. The smallest absolute Gasteiger partial charge is 0.427 e. The first kappa shape index (κ1) is 27.2. The number of benzene rings is 2. The number of carbonyl (C=O) groups excluding carboxylic acids is 2. The SMILES string of the molecule is CCOC(=O)N/N=C(/C)c1ccc(OCCCOc2ccc(/C(C)=N/NC(=O)OCC)cc2)cc1. The van der Waals surface area contributed by atoms with Crippen molar-refractivity contribution in [2.45, 2.75) is 34.1 Å². The molecule has 0 aromatic heterocycles. The number of amides is 2. The number of carbonyl (C=O) groups is 2. The molecule has 0 radical (unpaired) electrons. The van der Waals surface area contributed by atoms with Gasteiger partial charge >= 0.3 is 12.2 Å². The predicted octanol–water partition coefficient (Wildman–Crippen LogP) is 4.47. The Hall–Kier alpha value is -4.08. The van der Waals surface area contributed by atoms with E-state index < -0.39 is 12.2 Å². The summed E-state index contributed by atoms with van der Waals surface area (Å²) in [6.07, 6.45) is -0.466. The number of hydrogen-bond acceptors (Lipinski definition) is 8. The van der Waals surface area contributed by atoms with Crippen LogP contribution < -0.4 is 20.3 Å². The Balaban J connectivity index is 1.71. The van der Waals surface area contributed by atoms with Crippen molar-refractivity contribution in [2.24, 2.45) is 10.2 Å². The zero-order valence-electron chi connectivity index (χ0n) is 20.5. The molecule has 0 fully saturated rings. The summed E-state index contributed by atoms with van der Waals surface area (Å²) in [5.74, 6) is 1.46. The maximum Gasteiger partial charge on any atom is 0.427 e. The van der Waals surface area contributed by atoms with Gasteiger partial charge in [-0.2, -0.15) is 10.2 Å². The zero-order chi connectivity index (χ0) is 25.5. The molecule has 0 spiro atoms. The molecule has 0 aliphatic rings. The molecule has 2 aromatic carbocycles. The minimum Gasteiger partial charge on any atom is -0.493 e. The first-order valence-corrected chi connectivity index (χ1v) is 11.3. The van der Waals surface area contributed by atoms with Crippen LogP contribution in [0.1, 0.15) is 45.2 Å². The van der Waals surface area contributed by atoms with Crippen LogP contribution in [0.3, 0.4) is 0 Å². The summed E-state index contributed by atoms with van der Waals surface area (Å²) in [4.78, 5) is 22.6. The van der Waals surface area contributed by atoms with Gasteiger partial charge in [0.1, 0.15) is 11.5 Å². The molecule has 0 bridgehead atoms. The van der Waals surface area contributed by atoms with Crippen molar-refractivity contribution in [3.63, 3.8) is 0 Å². The number of rotatable bonds is 12. The lowest BCUT2D eigenvalue weighted by Crippen LogP contribution is -2.20. The van der Waals surface area contributed by atoms with Crippen LogP contribution in [0.2, 0.25) is 0 Å². The summed E-state index contributed by atoms with van der Waals surface area (Å²) < 4.78 is 21.0. The second-order valence-electron chi connectivity index (χ2n) is 7.16. The molecule has 35 heavy (non-hydrogen) atoms. The van der Waals surface area contributed by atoms with Crippen molar-refractivity contribution < 1.29 is 28.5 Å². The fraction of sp³-hybridized carbons (Fsp3) is 0.360. The van der Waals surface area contributed by atoms with Crippen LogP contribution in [0.15, 0.2) is 58.7 Å². The van der Waals surface area contributed by atoms with Crippen LogP contribution in [0.4, 0.5) is 9.59 Å². The van der Waals surface area contributed by atoms with Gasteiger partial charge in [-0.05, 0) is 87.4 Å². The van der Waals surface area contributed by atoms with Gasteiger partial charge in [0.25, 0.3) is 0 Å². The van der Waals surface area contributed by atoms with Gasteiger partial charge < -0.3 is 18.9 Å². The van der Waals surface area contributed by atoms with Crippen LogP contribution in [0.25, 0.3) is 0 Å². The molecule has 2 aromatic rings. The molecule has 0 saturated carbocycles. The highest BCUT2D eigenvalue weighted by atomic mass is 16.6. The molecule has 2 rings (SSSR count). The lowest BCUT2D eigenvalue weighted by molar-refractivity contribution is 0.151. The van der Waals surface area contributed by atoms with E-state index in [4.69, 9.17) is 18.9 Å². The predicted molar refractivity (Wildman–Crippen MR) is 133 cm³/mol. The van der Waals surface area contributed by atoms with E-state index in [9.17, 15) is 9.59 Å². The van der Waals surface area contributed by atoms with Gasteiger partial charge in [0.2, 0.25) is 0 Å². The average Bonchev–Trinajstić information content (AvgIpc) is 2.87. The first-order chi connectivity index (χ1) is 16.9. The van der Waals surface area contributed by atoms with Crippen molar-refractivity contribution in [2.75, 3.05) is 26.4 Å². The van der Waals surface area contributed by atoms with Crippen LogP contribution in [0.5, 0.6) is 11.5 Å². The minimum atomic E-state index is -0.586. The Morgan fingerprint density at radius 2 is 1.06 bits per heavy atom. The Morgan fingerprint density at radius 1 is 0.686 bits per heavy atom. The fourth-order valence-corrected chi connectivity index (χ4v) is 2.74. The maximum absolute atomic E-state index is 11.3. The molecular formula is C25H32N4O6. The second kappa shape index (κ2) is 14.9. The van der Waals surface area contributed by atoms with Crippen LogP contribution in [-0.4, -0.2) is 50.0 Å². The number of nitrogens with zero attached hydrogens (tertiary/aromatic N) is 2. The van der Waals surface area contributed by atoms with E-state index in [1.165, 1.54) is 0 Å². The largest absolute Gasteiger partial charge is 0.493 e. The van der Waals surface area contributed by atoms with Crippen LogP contribution >= 0.6 is 0 Å². The van der Waals surface area contributed by atoms with Gasteiger partial charge in [0, 0.05) is 6.42 Å². The molecule has 0 aliphatic heterocycles. The molecule has 0 atom stereocenters. The topological polar surface area (TPSA) is 120 Å². The molecule has 0 aliphatic carbocycles. The van der Waals surface area contributed by atoms with E-state index in [2.05, 4.69) is 21.1 Å². The van der Waals surface area contributed by atoms with E-state index in [1.54, 1.807) is 27.7 Å². The van der Waals surface area contributed by atoms with Crippen molar-refractivity contribution in [3.8, 4) is 11.5 Å². The van der Waals surface area contributed by atoms with Crippen molar-refractivity contribution in [3.05, 3.63) is 59.7 Å². The average molecular weight is 485 g/mol. The zero-order valence-corrected chi connectivity index (χ0v) is 20.5. The van der Waals surface area contributed by atoms with Gasteiger partial charge in [-0.15, -0.1) is 0 Å². The third kappa shape index (κ3) is 10.2. The Bertz CT molecular complexity index is 922. The lowest BCUT2D eigenvalue weighted by atomic mass is 10.1. The van der Waals surface area contributed by atoms with Gasteiger partial charge in [-0.25, -0.2) is 20.4 Å². The second-order valence-corrected chi connectivity index (χ2v) is 7.16. The van der Waals surface area contributed by atoms with Gasteiger partial charge in [0.05, 0.1) is 37.9 Å². The highest BCUT2D eigenvalue weighted by Gasteiger charge is 2.04. The fourth-order valence-electron chi connectivity index (χ4n) is 2.74. The highest BCUT2D eigenvalue weighted by molar-refractivity contribution is 5.99. The Labute approximate surface area is 205 Å². The van der Waals surface area contributed by atoms with E-state index in [0.717, 1.165) is 22.6 Å². The van der Waals surface area contributed by atoms with Gasteiger partial charge in [0.15, 0.2) is 0 Å². The first-order valence-electron chi connectivity index (χ1n) is 11.3. The number of hydrazone groups is 2.